The van der Waals surface area contributed by atoms with E-state index in [4.69, 9.17) is 10.00 Å². The second-order valence-electron chi connectivity index (χ2n) is 5.39. The minimum Gasteiger partial charge on any atom is -0.484 e. The van der Waals surface area contributed by atoms with Gasteiger partial charge >= 0.3 is 0 Å². The fourth-order valence-electron chi connectivity index (χ4n) is 2.53. The lowest BCUT2D eigenvalue weighted by atomic mass is 10.1. The summed E-state index contributed by atoms with van der Waals surface area (Å²) >= 11 is 0. The van der Waals surface area contributed by atoms with E-state index < -0.39 is 0 Å². The van der Waals surface area contributed by atoms with Crippen LogP contribution in [0.2, 0.25) is 0 Å². The van der Waals surface area contributed by atoms with Crippen LogP contribution in [0.25, 0.3) is 10.9 Å². The molecule has 1 amide bonds. The van der Waals surface area contributed by atoms with Crippen molar-refractivity contribution in [2.75, 3.05) is 13.2 Å². The van der Waals surface area contributed by atoms with Crippen LogP contribution in [0.15, 0.2) is 54.7 Å². The van der Waals surface area contributed by atoms with Crippen LogP contribution in [0.3, 0.4) is 0 Å². The fourth-order valence-corrected chi connectivity index (χ4v) is 2.53. The Morgan fingerprint density at radius 1 is 1.21 bits per heavy atom. The van der Waals surface area contributed by atoms with Crippen molar-refractivity contribution in [1.29, 1.82) is 5.26 Å². The topological polar surface area (TPSA) is 77.9 Å². The van der Waals surface area contributed by atoms with Gasteiger partial charge in [0.2, 0.25) is 0 Å². The van der Waals surface area contributed by atoms with E-state index in [9.17, 15) is 4.79 Å². The molecule has 0 aliphatic rings. The number of fused-ring (bicyclic) bond motifs is 1. The summed E-state index contributed by atoms with van der Waals surface area (Å²) in [6.45, 7) is 0.477. The number of carbonyl (C=O) groups is 1. The minimum absolute atomic E-state index is 0.0667. The van der Waals surface area contributed by atoms with Gasteiger partial charge in [-0.2, -0.15) is 5.26 Å². The predicted molar refractivity (Wildman–Crippen MR) is 91.7 cm³/mol. The summed E-state index contributed by atoms with van der Waals surface area (Å²) in [4.78, 5) is 15.1. The predicted octanol–water partition coefficient (Wildman–Crippen LogP) is 2.78. The molecular weight excluding hydrogens is 302 g/mol. The molecule has 0 aliphatic carbocycles. The van der Waals surface area contributed by atoms with E-state index in [-0.39, 0.29) is 12.5 Å². The smallest absolute Gasteiger partial charge is 0.257 e. The molecule has 2 N–H and O–H groups in total. The molecule has 2 aromatic carbocycles. The molecule has 0 unspecified atom stereocenters. The van der Waals surface area contributed by atoms with Crippen LogP contribution in [-0.2, 0) is 11.2 Å². The number of H-pyrrole nitrogens is 1. The molecule has 0 saturated heterocycles. The van der Waals surface area contributed by atoms with E-state index in [1.54, 1.807) is 24.3 Å². The molecule has 0 fully saturated rings. The Morgan fingerprint density at radius 3 is 2.96 bits per heavy atom. The third-order valence-electron chi connectivity index (χ3n) is 3.72. The SMILES string of the molecule is N#Cc1cccc(OCC(=O)NCCc2c[nH]c3ccccc23)c1. The van der Waals surface area contributed by atoms with Gasteiger partial charge in [-0.15, -0.1) is 0 Å². The highest BCUT2D eigenvalue weighted by Crippen LogP contribution is 2.17. The van der Waals surface area contributed by atoms with E-state index in [2.05, 4.69) is 16.4 Å². The molecule has 0 aliphatic heterocycles. The monoisotopic (exact) mass is 319 g/mol. The molecule has 0 saturated carbocycles. The Balaban J connectivity index is 1.46. The Hall–Kier alpha value is -3.26. The van der Waals surface area contributed by atoms with E-state index in [1.165, 1.54) is 10.9 Å². The zero-order valence-corrected chi connectivity index (χ0v) is 13.1. The number of ether oxygens (including phenoxy) is 1. The maximum absolute atomic E-state index is 11.9. The fraction of sp³-hybridized carbons (Fsp3) is 0.158. The van der Waals surface area contributed by atoms with Crippen molar-refractivity contribution >= 4 is 16.8 Å². The Morgan fingerprint density at radius 2 is 2.08 bits per heavy atom. The van der Waals surface area contributed by atoms with Gasteiger partial charge in [0, 0.05) is 23.6 Å². The summed E-state index contributed by atoms with van der Waals surface area (Å²) in [6.07, 6.45) is 2.72. The van der Waals surface area contributed by atoms with Gasteiger partial charge in [0.05, 0.1) is 11.6 Å². The average Bonchev–Trinajstić information content (AvgIpc) is 3.03. The molecule has 1 heterocycles. The van der Waals surface area contributed by atoms with Crippen molar-refractivity contribution < 1.29 is 9.53 Å². The lowest BCUT2D eigenvalue weighted by Gasteiger charge is -2.07. The standard InChI is InChI=1S/C19H17N3O2/c20-11-14-4-3-5-16(10-14)24-13-19(23)21-9-8-15-12-22-18-7-2-1-6-17(15)18/h1-7,10,12,22H,8-9,13H2,(H,21,23). The second kappa shape index (κ2) is 7.34. The van der Waals surface area contributed by atoms with Crippen LogP contribution in [0.1, 0.15) is 11.1 Å². The van der Waals surface area contributed by atoms with Gasteiger partial charge in [-0.25, -0.2) is 0 Å². The maximum atomic E-state index is 11.9. The highest BCUT2D eigenvalue weighted by molar-refractivity contribution is 5.83. The lowest BCUT2D eigenvalue weighted by Crippen LogP contribution is -2.30. The summed E-state index contributed by atoms with van der Waals surface area (Å²) in [5.41, 5.74) is 2.78. The normalized spacial score (nSPS) is 10.3. The van der Waals surface area contributed by atoms with Crippen LogP contribution < -0.4 is 10.1 Å². The third kappa shape index (κ3) is 3.73. The zero-order valence-electron chi connectivity index (χ0n) is 13.1. The number of amides is 1. The first-order valence-corrected chi connectivity index (χ1v) is 7.71. The van der Waals surface area contributed by atoms with E-state index in [0.717, 1.165) is 11.9 Å². The van der Waals surface area contributed by atoms with Gasteiger partial charge in [-0.05, 0) is 36.2 Å². The van der Waals surface area contributed by atoms with Crippen molar-refractivity contribution in [2.45, 2.75) is 6.42 Å². The first-order valence-electron chi connectivity index (χ1n) is 7.71. The van der Waals surface area contributed by atoms with Crippen molar-refractivity contribution in [2.24, 2.45) is 0 Å². The summed E-state index contributed by atoms with van der Waals surface area (Å²) in [7, 11) is 0. The molecule has 24 heavy (non-hydrogen) atoms. The van der Waals surface area contributed by atoms with Crippen LogP contribution in [0.4, 0.5) is 0 Å². The largest absolute Gasteiger partial charge is 0.484 e. The number of para-hydroxylation sites is 1. The van der Waals surface area contributed by atoms with Crippen LogP contribution in [0, 0.1) is 11.3 Å². The van der Waals surface area contributed by atoms with Gasteiger partial charge in [-0.3, -0.25) is 4.79 Å². The number of hydrogen-bond acceptors (Lipinski definition) is 3. The molecule has 120 valence electrons. The number of hydrogen-bond donors (Lipinski definition) is 2. The molecule has 5 heteroatoms. The molecule has 0 bridgehead atoms. The highest BCUT2D eigenvalue weighted by atomic mass is 16.5. The summed E-state index contributed by atoms with van der Waals surface area (Å²) in [6, 6.07) is 16.9. The number of nitrogens with one attached hydrogen (secondary N) is 2. The number of rotatable bonds is 6. The van der Waals surface area contributed by atoms with E-state index >= 15 is 0 Å². The van der Waals surface area contributed by atoms with Crippen LogP contribution in [0.5, 0.6) is 5.75 Å². The van der Waals surface area contributed by atoms with Gasteiger partial charge in [0.15, 0.2) is 6.61 Å². The first kappa shape index (κ1) is 15.6. The van der Waals surface area contributed by atoms with Crippen molar-refractivity contribution in [3.05, 3.63) is 65.9 Å². The zero-order chi connectivity index (χ0) is 16.8. The van der Waals surface area contributed by atoms with Crippen LogP contribution in [-0.4, -0.2) is 24.0 Å². The van der Waals surface area contributed by atoms with Crippen molar-refractivity contribution in [3.63, 3.8) is 0 Å². The summed E-state index contributed by atoms with van der Waals surface area (Å²) in [5, 5.41) is 12.9. The van der Waals surface area contributed by atoms with Crippen molar-refractivity contribution in [1.82, 2.24) is 10.3 Å². The quantitative estimate of drug-likeness (QED) is 0.733. The van der Waals surface area contributed by atoms with Gasteiger partial charge < -0.3 is 15.0 Å². The van der Waals surface area contributed by atoms with E-state index in [0.29, 0.717) is 17.9 Å². The number of nitrogens with zero attached hydrogens (tertiary/aromatic N) is 1. The number of nitriles is 1. The Labute approximate surface area is 139 Å². The van der Waals surface area contributed by atoms with Gasteiger partial charge in [0.1, 0.15) is 5.75 Å². The summed E-state index contributed by atoms with van der Waals surface area (Å²) in [5.74, 6) is 0.332. The maximum Gasteiger partial charge on any atom is 0.257 e. The molecule has 3 rings (SSSR count). The van der Waals surface area contributed by atoms with Gasteiger partial charge in [0.25, 0.3) is 5.91 Å². The van der Waals surface area contributed by atoms with Crippen molar-refractivity contribution in [3.8, 4) is 11.8 Å². The Kier molecular flexibility index (Phi) is 4.78. The first-order chi connectivity index (χ1) is 11.8. The molecule has 0 radical (unpaired) electrons. The minimum atomic E-state index is -0.183. The van der Waals surface area contributed by atoms with Gasteiger partial charge in [-0.1, -0.05) is 24.3 Å². The molecule has 0 spiro atoms. The average molecular weight is 319 g/mol. The molecule has 1 aromatic heterocycles. The molecule has 0 atom stereocenters. The molecule has 5 nitrogen and oxygen atoms in total. The Bertz CT molecular complexity index is 893. The number of aromatic amines is 1. The van der Waals surface area contributed by atoms with Crippen LogP contribution >= 0.6 is 0 Å². The number of aromatic nitrogens is 1. The molecule has 3 aromatic rings. The molecular formula is C19H17N3O2. The number of benzene rings is 2. The summed E-state index contributed by atoms with van der Waals surface area (Å²) < 4.78 is 5.40. The second-order valence-corrected chi connectivity index (χ2v) is 5.39. The highest BCUT2D eigenvalue weighted by Gasteiger charge is 2.05. The lowest BCUT2D eigenvalue weighted by molar-refractivity contribution is -0.123. The van der Waals surface area contributed by atoms with E-state index in [1.807, 2.05) is 30.5 Å². The number of carbonyl (C=O) groups excluding carboxylic acids is 1. The third-order valence-corrected chi connectivity index (χ3v) is 3.72.